The predicted molar refractivity (Wildman–Crippen MR) is 117 cm³/mol. The molecule has 168 valence electrons. The molecule has 0 saturated carbocycles. The molecule has 0 N–H and O–H groups in total. The zero-order chi connectivity index (χ0) is 22.0. The molecule has 0 radical (unpaired) electrons. The third kappa shape index (κ3) is 4.59. The second-order valence-corrected chi connectivity index (χ2v) is 9.72. The first-order valence-corrected chi connectivity index (χ1v) is 12.1. The van der Waals surface area contributed by atoms with Gasteiger partial charge >= 0.3 is 0 Å². The van der Waals surface area contributed by atoms with Crippen LogP contribution in [-0.2, 0) is 10.0 Å². The molecule has 2 aliphatic rings. The highest BCUT2D eigenvalue weighted by molar-refractivity contribution is 7.89. The Morgan fingerprint density at radius 2 is 1.71 bits per heavy atom. The smallest absolute Gasteiger partial charge is 0.243 e. The van der Waals surface area contributed by atoms with Crippen LogP contribution >= 0.6 is 0 Å². The third-order valence-corrected chi connectivity index (χ3v) is 7.52. The number of nitrogens with zero attached hydrogens (tertiary/aromatic N) is 5. The fraction of sp³-hybridized carbons (Fsp3) is 0.524. The highest BCUT2D eigenvalue weighted by atomic mass is 32.2. The summed E-state index contributed by atoms with van der Waals surface area (Å²) in [6.07, 6.45) is 2.34. The summed E-state index contributed by atoms with van der Waals surface area (Å²) >= 11 is 0. The first kappa shape index (κ1) is 21.8. The maximum atomic E-state index is 14.2. The summed E-state index contributed by atoms with van der Waals surface area (Å²) in [5, 5.41) is 0. The van der Waals surface area contributed by atoms with Gasteiger partial charge in [-0.3, -0.25) is 0 Å². The SMILES string of the molecule is CCOc1ccc(S(=O)(=O)N2CCN(c3nc(C)cc(N4CCCC4)n3)CC2)cc1F. The van der Waals surface area contributed by atoms with Crippen LogP contribution in [0, 0.1) is 12.7 Å². The molecule has 31 heavy (non-hydrogen) atoms. The quantitative estimate of drug-likeness (QED) is 0.670. The van der Waals surface area contributed by atoms with Gasteiger partial charge in [0.25, 0.3) is 0 Å². The number of sulfonamides is 1. The largest absolute Gasteiger partial charge is 0.491 e. The number of piperazine rings is 1. The zero-order valence-electron chi connectivity index (χ0n) is 17.9. The van der Waals surface area contributed by atoms with E-state index < -0.39 is 15.8 Å². The second kappa shape index (κ2) is 8.96. The minimum Gasteiger partial charge on any atom is -0.491 e. The Kier molecular flexibility index (Phi) is 6.29. The van der Waals surface area contributed by atoms with Crippen LogP contribution < -0.4 is 14.5 Å². The molecule has 2 aromatic rings. The summed E-state index contributed by atoms with van der Waals surface area (Å²) < 4.78 is 46.7. The highest BCUT2D eigenvalue weighted by Crippen LogP contribution is 2.26. The van der Waals surface area contributed by atoms with Crippen LogP contribution in [0.5, 0.6) is 5.75 Å². The normalized spacial score (nSPS) is 17.9. The molecule has 3 heterocycles. The Labute approximate surface area is 182 Å². The lowest BCUT2D eigenvalue weighted by Crippen LogP contribution is -2.49. The van der Waals surface area contributed by atoms with Gasteiger partial charge in [0.1, 0.15) is 5.82 Å². The summed E-state index contributed by atoms with van der Waals surface area (Å²) in [5.41, 5.74) is 0.895. The molecule has 1 aromatic carbocycles. The van der Waals surface area contributed by atoms with Crippen molar-refractivity contribution in [3.05, 3.63) is 35.8 Å². The molecule has 0 unspecified atom stereocenters. The third-order valence-electron chi connectivity index (χ3n) is 5.62. The van der Waals surface area contributed by atoms with Gasteiger partial charge in [0, 0.05) is 51.0 Å². The van der Waals surface area contributed by atoms with Gasteiger partial charge in [0.2, 0.25) is 16.0 Å². The number of benzene rings is 1. The molecule has 4 rings (SSSR count). The number of aryl methyl sites for hydroxylation is 1. The van der Waals surface area contributed by atoms with Crippen LogP contribution in [0.3, 0.4) is 0 Å². The van der Waals surface area contributed by atoms with E-state index in [9.17, 15) is 12.8 Å². The van der Waals surface area contributed by atoms with Gasteiger partial charge in [-0.1, -0.05) is 0 Å². The van der Waals surface area contributed by atoms with E-state index in [1.165, 1.54) is 29.3 Å². The number of ether oxygens (including phenoxy) is 1. The van der Waals surface area contributed by atoms with E-state index in [4.69, 9.17) is 9.72 Å². The molecule has 0 aliphatic carbocycles. The standard InChI is InChI=1S/C21H28FN5O3S/c1-3-30-19-7-6-17(15-18(19)22)31(28,29)27-12-10-26(11-13-27)21-23-16(2)14-20(24-21)25-8-4-5-9-25/h6-7,14-15H,3-5,8-13H2,1-2H3. The van der Waals surface area contributed by atoms with Crippen LogP contribution in [0.4, 0.5) is 16.2 Å². The molecular weight excluding hydrogens is 421 g/mol. The van der Waals surface area contributed by atoms with E-state index in [1.807, 2.05) is 17.9 Å². The molecule has 0 atom stereocenters. The maximum Gasteiger partial charge on any atom is 0.243 e. The van der Waals surface area contributed by atoms with Gasteiger partial charge in [-0.15, -0.1) is 0 Å². The average Bonchev–Trinajstić information content (AvgIpc) is 3.30. The average molecular weight is 450 g/mol. The molecule has 0 amide bonds. The Morgan fingerprint density at radius 3 is 2.35 bits per heavy atom. The Balaban J connectivity index is 1.46. The first-order chi connectivity index (χ1) is 14.9. The van der Waals surface area contributed by atoms with Gasteiger partial charge in [-0.05, 0) is 44.9 Å². The van der Waals surface area contributed by atoms with Crippen molar-refractivity contribution in [3.8, 4) is 5.75 Å². The van der Waals surface area contributed by atoms with Crippen molar-refractivity contribution in [3.63, 3.8) is 0 Å². The van der Waals surface area contributed by atoms with Crippen LogP contribution in [-0.4, -0.2) is 68.6 Å². The number of hydrogen-bond donors (Lipinski definition) is 0. The van der Waals surface area contributed by atoms with Crippen molar-refractivity contribution in [2.45, 2.75) is 31.6 Å². The van der Waals surface area contributed by atoms with Crippen LogP contribution in [0.25, 0.3) is 0 Å². The van der Waals surface area contributed by atoms with E-state index >= 15 is 0 Å². The lowest BCUT2D eigenvalue weighted by Gasteiger charge is -2.34. The zero-order valence-corrected chi connectivity index (χ0v) is 18.7. The molecular formula is C21H28FN5O3S. The van der Waals surface area contributed by atoms with Crippen LogP contribution in [0.1, 0.15) is 25.5 Å². The minimum atomic E-state index is -3.79. The van der Waals surface area contributed by atoms with Crippen molar-refractivity contribution < 1.29 is 17.5 Å². The summed E-state index contributed by atoms with van der Waals surface area (Å²) in [4.78, 5) is 13.5. The fourth-order valence-electron chi connectivity index (χ4n) is 3.98. The first-order valence-electron chi connectivity index (χ1n) is 10.7. The lowest BCUT2D eigenvalue weighted by atomic mass is 10.3. The van der Waals surface area contributed by atoms with E-state index in [0.29, 0.717) is 25.6 Å². The van der Waals surface area contributed by atoms with Crippen LogP contribution in [0.2, 0.25) is 0 Å². The van der Waals surface area contributed by atoms with Crippen molar-refractivity contribution >= 4 is 21.8 Å². The highest BCUT2D eigenvalue weighted by Gasteiger charge is 2.30. The minimum absolute atomic E-state index is 0.0525. The number of hydrogen-bond acceptors (Lipinski definition) is 7. The molecule has 2 saturated heterocycles. The second-order valence-electron chi connectivity index (χ2n) is 7.78. The molecule has 10 heteroatoms. The molecule has 8 nitrogen and oxygen atoms in total. The lowest BCUT2D eigenvalue weighted by molar-refractivity contribution is 0.321. The Hall–Kier alpha value is -2.46. The summed E-state index contributed by atoms with van der Waals surface area (Å²) in [6.45, 7) is 7.53. The van der Waals surface area contributed by atoms with Crippen molar-refractivity contribution in [2.24, 2.45) is 0 Å². The van der Waals surface area contributed by atoms with Gasteiger partial charge in [0.15, 0.2) is 11.6 Å². The van der Waals surface area contributed by atoms with Crippen molar-refractivity contribution in [2.75, 3.05) is 55.7 Å². The van der Waals surface area contributed by atoms with E-state index in [0.717, 1.165) is 30.7 Å². The number of anilines is 2. The van der Waals surface area contributed by atoms with Crippen molar-refractivity contribution in [1.82, 2.24) is 14.3 Å². The Bertz CT molecular complexity index is 1040. The van der Waals surface area contributed by atoms with Gasteiger partial charge in [-0.25, -0.2) is 17.8 Å². The molecule has 2 aliphatic heterocycles. The number of halogens is 1. The topological polar surface area (TPSA) is 78.9 Å². The summed E-state index contributed by atoms with van der Waals surface area (Å²) in [7, 11) is -3.79. The molecule has 0 spiro atoms. The molecule has 2 fully saturated rings. The van der Waals surface area contributed by atoms with E-state index in [1.54, 1.807) is 6.92 Å². The fourth-order valence-corrected chi connectivity index (χ4v) is 5.41. The van der Waals surface area contributed by atoms with Crippen molar-refractivity contribution in [1.29, 1.82) is 0 Å². The molecule has 0 bridgehead atoms. The predicted octanol–water partition coefficient (Wildman–Crippen LogP) is 2.43. The summed E-state index contributed by atoms with van der Waals surface area (Å²) in [6, 6.07) is 5.78. The van der Waals surface area contributed by atoms with E-state index in [2.05, 4.69) is 9.88 Å². The Morgan fingerprint density at radius 1 is 1.00 bits per heavy atom. The van der Waals surface area contributed by atoms with Gasteiger partial charge in [0.05, 0.1) is 11.5 Å². The monoisotopic (exact) mass is 449 g/mol. The maximum absolute atomic E-state index is 14.2. The van der Waals surface area contributed by atoms with E-state index in [-0.39, 0.29) is 23.7 Å². The number of aromatic nitrogens is 2. The summed E-state index contributed by atoms with van der Waals surface area (Å²) in [5.74, 6) is 0.937. The van der Waals surface area contributed by atoms with Gasteiger partial charge in [-0.2, -0.15) is 9.29 Å². The molecule has 1 aromatic heterocycles. The van der Waals surface area contributed by atoms with Gasteiger partial charge < -0.3 is 14.5 Å². The number of rotatable bonds is 6. The van der Waals surface area contributed by atoms with Crippen LogP contribution in [0.15, 0.2) is 29.2 Å².